The Hall–Kier alpha value is 0.0200. The number of hydrogen-bond acceptors (Lipinski definition) is 1. The Morgan fingerprint density at radius 2 is 2.23 bits per heavy atom. The van der Waals surface area contributed by atoms with Crippen LogP contribution in [0.5, 0.6) is 0 Å². The minimum absolute atomic E-state index is 0.463. The van der Waals surface area contributed by atoms with Crippen molar-refractivity contribution in [2.45, 2.75) is 11.8 Å². The van der Waals surface area contributed by atoms with E-state index in [0.29, 0.717) is 11.4 Å². The van der Waals surface area contributed by atoms with E-state index in [1.807, 2.05) is 18.2 Å². The molecule has 0 bridgehead atoms. The van der Waals surface area contributed by atoms with Gasteiger partial charge in [-0.05, 0) is 40.3 Å². The molecule has 0 radical (unpaired) electrons. The van der Waals surface area contributed by atoms with E-state index >= 15 is 0 Å². The lowest BCUT2D eigenvalue weighted by atomic mass is 10.1. The first-order valence-corrected chi connectivity index (χ1v) is 5.50. The smallest absolute Gasteiger partial charge is 0.124 e. The maximum atomic E-state index is 8.53. The number of rotatable bonds is 2. The van der Waals surface area contributed by atoms with Crippen LogP contribution in [0.25, 0.3) is 0 Å². The molecular formula is C9H6Cl2IN. The van der Waals surface area contributed by atoms with E-state index in [2.05, 4.69) is 22.6 Å². The fourth-order valence-corrected chi connectivity index (χ4v) is 2.18. The molecule has 13 heavy (non-hydrogen) atoms. The summed E-state index contributed by atoms with van der Waals surface area (Å²) < 4.78 is 1.05. The molecule has 1 unspecified atom stereocenters. The summed E-state index contributed by atoms with van der Waals surface area (Å²) in [6, 6.07) is 7.55. The normalized spacial score (nSPS) is 12.2. The van der Waals surface area contributed by atoms with E-state index in [9.17, 15) is 0 Å². The second kappa shape index (κ2) is 5.04. The van der Waals surface area contributed by atoms with E-state index in [-0.39, 0.29) is 0 Å². The Morgan fingerprint density at radius 3 is 2.77 bits per heavy atom. The van der Waals surface area contributed by atoms with E-state index in [0.717, 1.165) is 9.13 Å². The second-order valence-corrected chi connectivity index (χ2v) is 4.66. The van der Waals surface area contributed by atoms with Crippen LogP contribution in [0.1, 0.15) is 5.56 Å². The van der Waals surface area contributed by atoms with Gasteiger partial charge < -0.3 is 0 Å². The minimum atomic E-state index is -0.463. The maximum absolute atomic E-state index is 8.53. The molecule has 0 aliphatic heterocycles. The lowest BCUT2D eigenvalue weighted by Crippen LogP contribution is -2.01. The molecule has 68 valence electrons. The molecule has 1 nitrogen and oxygen atoms in total. The molecule has 0 saturated carbocycles. The van der Waals surface area contributed by atoms with Crippen molar-refractivity contribution in [3.63, 3.8) is 0 Å². The standard InChI is InChI=1S/C9H6Cl2IN/c10-7-2-1-6(9(12)4-7)3-8(11)5-13/h1-2,4,8H,3H2. The van der Waals surface area contributed by atoms with Gasteiger partial charge in [-0.3, -0.25) is 0 Å². The summed E-state index contributed by atoms with van der Waals surface area (Å²) in [5.41, 5.74) is 1.06. The average molecular weight is 326 g/mol. The predicted octanol–water partition coefficient (Wildman–Crippen LogP) is 3.62. The number of benzene rings is 1. The van der Waals surface area contributed by atoms with Crippen LogP contribution >= 0.6 is 45.8 Å². The van der Waals surface area contributed by atoms with Crippen LogP contribution in [0.15, 0.2) is 18.2 Å². The molecule has 0 aliphatic rings. The van der Waals surface area contributed by atoms with Crippen LogP contribution in [-0.2, 0) is 6.42 Å². The molecule has 0 amide bonds. The molecule has 0 aliphatic carbocycles. The molecule has 1 aromatic rings. The van der Waals surface area contributed by atoms with Crippen molar-refractivity contribution < 1.29 is 0 Å². The zero-order valence-corrected chi connectivity index (χ0v) is 10.3. The van der Waals surface area contributed by atoms with Crippen LogP contribution in [0.3, 0.4) is 0 Å². The summed E-state index contributed by atoms with van der Waals surface area (Å²) >= 11 is 13.7. The summed E-state index contributed by atoms with van der Waals surface area (Å²) in [6.07, 6.45) is 0.563. The van der Waals surface area contributed by atoms with Gasteiger partial charge in [-0.15, -0.1) is 11.6 Å². The van der Waals surface area contributed by atoms with Gasteiger partial charge in [-0.25, -0.2) is 0 Å². The Bertz CT molecular complexity index is 346. The minimum Gasteiger partial charge on any atom is -0.197 e. The number of alkyl halides is 1. The van der Waals surface area contributed by atoms with Crippen molar-refractivity contribution in [1.82, 2.24) is 0 Å². The van der Waals surface area contributed by atoms with Gasteiger partial charge in [0.2, 0.25) is 0 Å². The van der Waals surface area contributed by atoms with Gasteiger partial charge in [-0.2, -0.15) is 5.26 Å². The highest BCUT2D eigenvalue weighted by Crippen LogP contribution is 2.20. The zero-order chi connectivity index (χ0) is 9.84. The summed E-state index contributed by atoms with van der Waals surface area (Å²) in [6.45, 7) is 0. The highest BCUT2D eigenvalue weighted by Gasteiger charge is 2.07. The lowest BCUT2D eigenvalue weighted by Gasteiger charge is -2.04. The Morgan fingerprint density at radius 1 is 1.54 bits per heavy atom. The van der Waals surface area contributed by atoms with Crippen LogP contribution in [0.2, 0.25) is 5.02 Å². The van der Waals surface area contributed by atoms with Crippen molar-refractivity contribution in [1.29, 1.82) is 5.26 Å². The molecule has 1 atom stereocenters. The Labute approximate surface area is 101 Å². The highest BCUT2D eigenvalue weighted by atomic mass is 127. The van der Waals surface area contributed by atoms with Crippen LogP contribution < -0.4 is 0 Å². The molecule has 0 spiro atoms. The average Bonchev–Trinajstić information content (AvgIpc) is 2.09. The summed E-state index contributed by atoms with van der Waals surface area (Å²) in [5, 5.41) is 8.77. The van der Waals surface area contributed by atoms with Gasteiger partial charge in [0.05, 0.1) is 6.07 Å². The Kier molecular flexibility index (Phi) is 4.30. The number of halogens is 3. The molecule has 0 aromatic heterocycles. The fraction of sp³-hybridized carbons (Fsp3) is 0.222. The molecule has 0 N–H and O–H groups in total. The van der Waals surface area contributed by atoms with Gasteiger partial charge in [0.25, 0.3) is 0 Å². The largest absolute Gasteiger partial charge is 0.197 e. The van der Waals surface area contributed by atoms with E-state index in [1.54, 1.807) is 6.07 Å². The number of hydrogen-bond donors (Lipinski definition) is 0. The quantitative estimate of drug-likeness (QED) is 0.602. The third-order valence-corrected chi connectivity index (χ3v) is 3.05. The number of nitriles is 1. The molecule has 0 heterocycles. The second-order valence-electron chi connectivity index (χ2n) is 2.54. The zero-order valence-electron chi connectivity index (χ0n) is 6.60. The summed E-state index contributed by atoms with van der Waals surface area (Å²) in [5.74, 6) is 0. The van der Waals surface area contributed by atoms with Gasteiger partial charge in [0.15, 0.2) is 0 Å². The van der Waals surface area contributed by atoms with Crippen molar-refractivity contribution in [3.05, 3.63) is 32.4 Å². The Balaban J connectivity index is 2.85. The molecule has 0 saturated heterocycles. The van der Waals surface area contributed by atoms with Crippen LogP contribution in [-0.4, -0.2) is 5.38 Å². The molecule has 0 fully saturated rings. The van der Waals surface area contributed by atoms with Crippen molar-refractivity contribution in [2.75, 3.05) is 0 Å². The topological polar surface area (TPSA) is 23.8 Å². The van der Waals surface area contributed by atoms with E-state index < -0.39 is 5.38 Å². The van der Waals surface area contributed by atoms with Crippen LogP contribution in [0.4, 0.5) is 0 Å². The van der Waals surface area contributed by atoms with Crippen molar-refractivity contribution in [3.8, 4) is 6.07 Å². The lowest BCUT2D eigenvalue weighted by molar-refractivity contribution is 1.01. The predicted molar refractivity (Wildman–Crippen MR) is 63.1 cm³/mol. The molecular weight excluding hydrogens is 320 g/mol. The van der Waals surface area contributed by atoms with Crippen molar-refractivity contribution in [2.24, 2.45) is 0 Å². The third kappa shape index (κ3) is 3.34. The first-order valence-electron chi connectivity index (χ1n) is 3.61. The molecule has 4 heteroatoms. The van der Waals surface area contributed by atoms with Crippen molar-refractivity contribution >= 4 is 45.8 Å². The van der Waals surface area contributed by atoms with Gasteiger partial charge in [0.1, 0.15) is 5.38 Å². The summed E-state index contributed by atoms with van der Waals surface area (Å²) in [4.78, 5) is 0. The van der Waals surface area contributed by atoms with E-state index in [4.69, 9.17) is 28.5 Å². The van der Waals surface area contributed by atoms with Gasteiger partial charge in [0, 0.05) is 15.0 Å². The van der Waals surface area contributed by atoms with E-state index in [1.165, 1.54) is 0 Å². The molecule has 1 aromatic carbocycles. The monoisotopic (exact) mass is 325 g/mol. The number of nitrogens with zero attached hydrogens (tertiary/aromatic N) is 1. The maximum Gasteiger partial charge on any atom is 0.124 e. The van der Waals surface area contributed by atoms with Gasteiger partial charge in [-0.1, -0.05) is 17.7 Å². The first kappa shape index (κ1) is 11.1. The van der Waals surface area contributed by atoms with Gasteiger partial charge >= 0.3 is 0 Å². The molecule has 1 rings (SSSR count). The third-order valence-electron chi connectivity index (χ3n) is 1.55. The summed E-state index contributed by atoms with van der Waals surface area (Å²) in [7, 11) is 0. The van der Waals surface area contributed by atoms with Crippen LogP contribution in [0, 0.1) is 14.9 Å². The highest BCUT2D eigenvalue weighted by molar-refractivity contribution is 14.1. The SMILES string of the molecule is N#CC(Cl)Cc1ccc(Cl)cc1I. The fourth-order valence-electron chi connectivity index (χ4n) is 0.926. The first-order chi connectivity index (χ1) is 6.13.